The first kappa shape index (κ1) is 22.3. The number of benzene rings is 2. The fourth-order valence-corrected chi connectivity index (χ4v) is 3.06. The number of nitrogens with one attached hydrogen (secondary N) is 1. The summed E-state index contributed by atoms with van der Waals surface area (Å²) in [5.41, 5.74) is 3.29. The first-order valence-corrected chi connectivity index (χ1v) is 8.55. The first-order chi connectivity index (χ1) is 12.9. The maximum Gasteiger partial charge on any atom is 1.00 e. The predicted octanol–water partition coefficient (Wildman–Crippen LogP) is -0.757. The van der Waals surface area contributed by atoms with Gasteiger partial charge in [-0.2, -0.15) is 0 Å². The van der Waals surface area contributed by atoms with Crippen LogP contribution in [0.15, 0.2) is 54.6 Å². The molecule has 1 heterocycles. The van der Waals surface area contributed by atoms with Crippen LogP contribution < -0.4 is 34.7 Å². The zero-order valence-corrected chi connectivity index (χ0v) is 17.4. The summed E-state index contributed by atoms with van der Waals surface area (Å²) in [6.45, 7) is 0. The number of aromatic amines is 1. The second-order valence-electron chi connectivity index (χ2n) is 6.36. The summed E-state index contributed by atoms with van der Waals surface area (Å²) >= 11 is 0. The van der Waals surface area contributed by atoms with Gasteiger partial charge in [0.2, 0.25) is 0 Å². The molecule has 0 saturated heterocycles. The van der Waals surface area contributed by atoms with Gasteiger partial charge >= 0.3 is 29.6 Å². The molecule has 0 bridgehead atoms. The van der Waals surface area contributed by atoms with E-state index in [1.807, 2.05) is 24.3 Å². The van der Waals surface area contributed by atoms with Crippen molar-refractivity contribution in [2.45, 2.75) is 25.0 Å². The summed E-state index contributed by atoms with van der Waals surface area (Å²) in [5, 5.41) is 31.1. The van der Waals surface area contributed by atoms with Gasteiger partial charge in [-0.05, 0) is 29.8 Å². The van der Waals surface area contributed by atoms with Crippen LogP contribution in [0.3, 0.4) is 0 Å². The number of carbonyl (C=O) groups is 1. The van der Waals surface area contributed by atoms with Crippen molar-refractivity contribution in [1.82, 2.24) is 4.98 Å². The van der Waals surface area contributed by atoms with Gasteiger partial charge in [0.1, 0.15) is 5.82 Å². The Bertz CT molecular complexity index is 968. The maximum absolute atomic E-state index is 13.3. The van der Waals surface area contributed by atoms with Gasteiger partial charge < -0.3 is 25.1 Å². The minimum Gasteiger partial charge on any atom is -0.550 e. The predicted molar refractivity (Wildman–Crippen MR) is 99.0 cm³/mol. The number of carboxylic acid groups (broad SMARTS) is 1. The van der Waals surface area contributed by atoms with Crippen molar-refractivity contribution in [1.29, 1.82) is 0 Å². The molecule has 3 aromatic rings. The van der Waals surface area contributed by atoms with Crippen LogP contribution in [0.25, 0.3) is 28.1 Å². The van der Waals surface area contributed by atoms with Crippen molar-refractivity contribution >= 4 is 22.9 Å². The molecule has 0 aliphatic carbocycles. The van der Waals surface area contributed by atoms with E-state index < -0.39 is 24.6 Å². The Morgan fingerprint density at radius 1 is 1.14 bits per heavy atom. The fourth-order valence-electron chi connectivity index (χ4n) is 3.06. The number of H-pyrrole nitrogens is 1. The Morgan fingerprint density at radius 2 is 1.82 bits per heavy atom. The second-order valence-corrected chi connectivity index (χ2v) is 6.36. The van der Waals surface area contributed by atoms with Crippen LogP contribution in [0.2, 0.25) is 0 Å². The molecule has 0 saturated carbocycles. The summed E-state index contributed by atoms with van der Waals surface area (Å²) in [7, 11) is 0. The third-order valence-electron chi connectivity index (χ3n) is 4.27. The topological polar surface area (TPSA) is 96.4 Å². The SMILES string of the molecule is O=C([O-])CC(O)CC(O)/C=C/c1[nH]c2ccccc2c1-c1ccc(F)cc1.[Na+]. The maximum atomic E-state index is 13.3. The van der Waals surface area contributed by atoms with E-state index in [0.29, 0.717) is 0 Å². The average Bonchev–Trinajstić information content (AvgIpc) is 2.98. The zero-order valence-electron chi connectivity index (χ0n) is 15.4. The zero-order chi connectivity index (χ0) is 19.4. The molecule has 0 amide bonds. The Labute approximate surface area is 183 Å². The third kappa shape index (κ3) is 5.53. The number of carboxylic acids is 1. The number of aromatic nitrogens is 1. The Hall–Kier alpha value is -1.96. The Kier molecular flexibility index (Phi) is 7.98. The van der Waals surface area contributed by atoms with Gasteiger partial charge in [0.25, 0.3) is 0 Å². The summed E-state index contributed by atoms with van der Waals surface area (Å²) < 4.78 is 13.3. The number of fused-ring (bicyclic) bond motifs is 1. The largest absolute Gasteiger partial charge is 1.00 e. The summed E-state index contributed by atoms with van der Waals surface area (Å²) in [4.78, 5) is 13.8. The molecule has 0 radical (unpaired) electrons. The molecular formula is C21H19FNNaO4. The molecule has 7 heteroatoms. The molecule has 2 atom stereocenters. The quantitative estimate of drug-likeness (QED) is 0.462. The van der Waals surface area contributed by atoms with E-state index >= 15 is 0 Å². The van der Waals surface area contributed by atoms with Gasteiger partial charge in [0, 0.05) is 41.0 Å². The number of hydrogen-bond donors (Lipinski definition) is 3. The number of rotatable bonds is 7. The van der Waals surface area contributed by atoms with Crippen molar-refractivity contribution in [3.8, 4) is 11.1 Å². The van der Waals surface area contributed by atoms with Crippen molar-refractivity contribution in [2.24, 2.45) is 0 Å². The van der Waals surface area contributed by atoms with Gasteiger partial charge in [-0.1, -0.05) is 36.4 Å². The number of aliphatic hydroxyl groups excluding tert-OH is 2. The first-order valence-electron chi connectivity index (χ1n) is 8.55. The molecule has 2 aromatic carbocycles. The number of carbonyl (C=O) groups excluding carboxylic acids is 1. The van der Waals surface area contributed by atoms with Crippen LogP contribution in [0.5, 0.6) is 0 Å². The third-order valence-corrected chi connectivity index (χ3v) is 4.27. The summed E-state index contributed by atoms with van der Waals surface area (Å²) in [5.74, 6) is -1.69. The molecular weight excluding hydrogens is 372 g/mol. The normalized spacial score (nSPS) is 13.4. The molecule has 3 rings (SSSR count). The van der Waals surface area contributed by atoms with Gasteiger partial charge in [0.15, 0.2) is 0 Å². The Morgan fingerprint density at radius 3 is 2.50 bits per heavy atom. The van der Waals surface area contributed by atoms with Crippen LogP contribution in [0.1, 0.15) is 18.5 Å². The molecule has 0 fully saturated rings. The van der Waals surface area contributed by atoms with Crippen LogP contribution in [0.4, 0.5) is 4.39 Å². The van der Waals surface area contributed by atoms with E-state index in [0.717, 1.165) is 27.7 Å². The molecule has 0 spiro atoms. The molecule has 5 nitrogen and oxygen atoms in total. The summed E-state index contributed by atoms with van der Waals surface area (Å²) in [6, 6.07) is 13.8. The van der Waals surface area contributed by atoms with E-state index in [-0.39, 0.29) is 41.8 Å². The molecule has 28 heavy (non-hydrogen) atoms. The Balaban J connectivity index is 0.00000280. The smallest absolute Gasteiger partial charge is 0.550 e. The second kappa shape index (κ2) is 10.0. The average molecular weight is 391 g/mol. The fraction of sp³-hybridized carbons (Fsp3) is 0.190. The number of aliphatic hydroxyl groups is 2. The molecule has 0 aliphatic heterocycles. The standard InChI is InChI=1S/C21H20FNO4.Na/c22-14-7-5-13(6-8-14)21-17-3-1-2-4-18(17)23-19(21)10-9-15(24)11-16(25)12-20(26)27;/h1-10,15-16,23-25H,11-12H2,(H,26,27);/q;+1/p-1/b10-9+;. The van der Waals surface area contributed by atoms with Crippen LogP contribution in [-0.2, 0) is 4.79 Å². The number of aliphatic carboxylic acids is 1. The molecule has 2 unspecified atom stereocenters. The van der Waals surface area contributed by atoms with E-state index in [1.54, 1.807) is 18.2 Å². The van der Waals surface area contributed by atoms with Gasteiger partial charge in [-0.3, -0.25) is 0 Å². The molecule has 140 valence electrons. The minimum atomic E-state index is -1.37. The minimum absolute atomic E-state index is 0. The van der Waals surface area contributed by atoms with E-state index in [2.05, 4.69) is 4.98 Å². The molecule has 0 aliphatic rings. The van der Waals surface area contributed by atoms with Gasteiger partial charge in [-0.25, -0.2) is 4.39 Å². The van der Waals surface area contributed by atoms with Crippen molar-refractivity contribution < 1.29 is 54.1 Å². The van der Waals surface area contributed by atoms with Crippen LogP contribution in [-0.4, -0.2) is 33.4 Å². The molecule has 3 N–H and O–H groups in total. The van der Waals surface area contributed by atoms with Crippen LogP contribution >= 0.6 is 0 Å². The molecule has 1 aromatic heterocycles. The number of hydrogen-bond acceptors (Lipinski definition) is 4. The number of halogens is 1. The summed E-state index contributed by atoms with van der Waals surface area (Å²) in [6.07, 6.45) is 0.306. The van der Waals surface area contributed by atoms with Crippen LogP contribution in [0, 0.1) is 5.82 Å². The van der Waals surface area contributed by atoms with E-state index in [9.17, 15) is 24.5 Å². The van der Waals surface area contributed by atoms with E-state index in [1.165, 1.54) is 18.2 Å². The monoisotopic (exact) mass is 391 g/mol. The van der Waals surface area contributed by atoms with Gasteiger partial charge in [-0.15, -0.1) is 0 Å². The van der Waals surface area contributed by atoms with E-state index in [4.69, 9.17) is 0 Å². The van der Waals surface area contributed by atoms with Crippen molar-refractivity contribution in [3.05, 3.63) is 66.1 Å². The number of para-hydroxylation sites is 1. The van der Waals surface area contributed by atoms with Crippen molar-refractivity contribution in [2.75, 3.05) is 0 Å². The van der Waals surface area contributed by atoms with Crippen molar-refractivity contribution in [3.63, 3.8) is 0 Å². The van der Waals surface area contributed by atoms with Gasteiger partial charge in [0.05, 0.1) is 12.2 Å².